The van der Waals surface area contributed by atoms with Crippen molar-refractivity contribution in [3.8, 4) is 0 Å². The van der Waals surface area contributed by atoms with Gasteiger partial charge in [-0.1, -0.05) is 30.3 Å². The van der Waals surface area contributed by atoms with Crippen molar-refractivity contribution in [2.24, 2.45) is 5.84 Å². The molecule has 0 fully saturated rings. The lowest BCUT2D eigenvalue weighted by Gasteiger charge is -2.16. The van der Waals surface area contributed by atoms with Gasteiger partial charge in [-0.2, -0.15) is 0 Å². The first-order valence-corrected chi connectivity index (χ1v) is 5.91. The Bertz CT molecular complexity index is 602. The van der Waals surface area contributed by atoms with E-state index < -0.39 is 0 Å². The van der Waals surface area contributed by atoms with Crippen molar-refractivity contribution in [2.75, 3.05) is 0 Å². The van der Waals surface area contributed by atoms with E-state index in [9.17, 15) is 4.79 Å². The van der Waals surface area contributed by atoms with E-state index in [-0.39, 0.29) is 11.9 Å². The predicted molar refractivity (Wildman–Crippen MR) is 71.5 cm³/mol. The summed E-state index contributed by atoms with van der Waals surface area (Å²) in [6.07, 6.45) is 1.56. The zero-order valence-corrected chi connectivity index (χ0v) is 10.7. The number of imidazole rings is 1. The summed E-state index contributed by atoms with van der Waals surface area (Å²) in [4.78, 5) is 14.5. The predicted octanol–water partition coefficient (Wildman–Crippen LogP) is 1.76. The van der Waals surface area contributed by atoms with E-state index in [1.807, 2.05) is 37.3 Å². The van der Waals surface area contributed by atoms with E-state index in [0.717, 1.165) is 5.56 Å². The first kappa shape index (κ1) is 12.5. The Morgan fingerprint density at radius 3 is 2.72 bits per heavy atom. The monoisotopic (exact) mass is 262 g/mol. The van der Waals surface area contributed by atoms with Gasteiger partial charge in [0.2, 0.25) is 0 Å². The summed E-state index contributed by atoms with van der Waals surface area (Å²) >= 11 is 5.20. The fraction of sp³-hybridized carbons (Fsp3) is 0.167. The second kappa shape index (κ2) is 5.16. The normalized spacial score (nSPS) is 12.1. The van der Waals surface area contributed by atoms with Crippen molar-refractivity contribution in [2.45, 2.75) is 13.0 Å². The molecule has 0 saturated heterocycles. The number of aromatic amines is 1. The van der Waals surface area contributed by atoms with Gasteiger partial charge in [-0.05, 0) is 24.7 Å². The van der Waals surface area contributed by atoms with Gasteiger partial charge in [-0.3, -0.25) is 10.2 Å². The lowest BCUT2D eigenvalue weighted by molar-refractivity contribution is 0.0943. The van der Waals surface area contributed by atoms with Gasteiger partial charge >= 0.3 is 0 Å². The first-order chi connectivity index (χ1) is 8.65. The summed E-state index contributed by atoms with van der Waals surface area (Å²) in [7, 11) is 0. The average Bonchev–Trinajstić information content (AvgIpc) is 2.80. The third-order valence-corrected chi connectivity index (χ3v) is 3.16. The van der Waals surface area contributed by atoms with Crippen molar-refractivity contribution in [3.63, 3.8) is 0 Å². The molecule has 0 aliphatic rings. The van der Waals surface area contributed by atoms with Crippen LogP contribution >= 0.6 is 12.2 Å². The second-order valence-corrected chi connectivity index (χ2v) is 4.30. The van der Waals surface area contributed by atoms with Crippen LogP contribution in [0.25, 0.3) is 0 Å². The van der Waals surface area contributed by atoms with Crippen LogP contribution in [0.15, 0.2) is 36.5 Å². The largest absolute Gasteiger partial charge is 0.337 e. The Morgan fingerprint density at radius 2 is 2.11 bits per heavy atom. The summed E-state index contributed by atoms with van der Waals surface area (Å²) in [5, 5.41) is 0. The molecule has 0 aliphatic carbocycles. The summed E-state index contributed by atoms with van der Waals surface area (Å²) in [6.45, 7) is 1.98. The van der Waals surface area contributed by atoms with Crippen molar-refractivity contribution in [3.05, 3.63) is 52.6 Å². The van der Waals surface area contributed by atoms with Gasteiger partial charge in [0.1, 0.15) is 5.69 Å². The topological polar surface area (TPSA) is 75.8 Å². The molecule has 0 bridgehead atoms. The first-order valence-electron chi connectivity index (χ1n) is 5.51. The molecule has 1 aromatic heterocycles. The number of hydrogen-bond acceptors (Lipinski definition) is 3. The zero-order valence-electron chi connectivity index (χ0n) is 9.88. The van der Waals surface area contributed by atoms with Gasteiger partial charge < -0.3 is 9.55 Å². The highest BCUT2D eigenvalue weighted by molar-refractivity contribution is 7.71. The van der Waals surface area contributed by atoms with Gasteiger partial charge in [-0.25, -0.2) is 5.84 Å². The number of carbonyl (C=O) groups is 1. The quantitative estimate of drug-likeness (QED) is 0.341. The standard InChI is InChI=1S/C12H14N4OS/c1-8(9-5-3-2-4-6-9)16-10(11(17)15-13)7-14-12(16)18/h2-8H,13H2,1H3,(H,14,18)(H,15,17)/t8-/m1/s1. The smallest absolute Gasteiger partial charge is 0.283 e. The van der Waals surface area contributed by atoms with Crippen LogP contribution in [0.2, 0.25) is 0 Å². The molecule has 0 saturated carbocycles. The number of aromatic nitrogens is 2. The maximum atomic E-state index is 11.7. The van der Waals surface area contributed by atoms with Crippen LogP contribution in [-0.2, 0) is 0 Å². The summed E-state index contributed by atoms with van der Waals surface area (Å²) < 4.78 is 2.23. The maximum Gasteiger partial charge on any atom is 0.283 e. The number of H-pyrrole nitrogens is 1. The van der Waals surface area contributed by atoms with Crippen LogP contribution in [0.3, 0.4) is 0 Å². The van der Waals surface area contributed by atoms with E-state index in [2.05, 4.69) is 10.4 Å². The van der Waals surface area contributed by atoms with E-state index in [1.54, 1.807) is 10.8 Å². The second-order valence-electron chi connectivity index (χ2n) is 3.91. The number of rotatable bonds is 3. The van der Waals surface area contributed by atoms with Crippen molar-refractivity contribution < 1.29 is 4.79 Å². The lowest BCUT2D eigenvalue weighted by atomic mass is 10.1. The van der Waals surface area contributed by atoms with E-state index in [4.69, 9.17) is 18.1 Å². The van der Waals surface area contributed by atoms with Crippen LogP contribution in [-0.4, -0.2) is 15.5 Å². The Morgan fingerprint density at radius 1 is 1.44 bits per heavy atom. The van der Waals surface area contributed by atoms with Crippen LogP contribution in [0.1, 0.15) is 29.0 Å². The molecule has 1 aromatic carbocycles. The Kier molecular flexibility index (Phi) is 3.59. The van der Waals surface area contributed by atoms with Gasteiger partial charge in [0.25, 0.3) is 5.91 Å². The maximum absolute atomic E-state index is 11.7. The fourth-order valence-corrected chi connectivity index (χ4v) is 2.21. The highest BCUT2D eigenvalue weighted by Crippen LogP contribution is 2.20. The molecule has 6 heteroatoms. The highest BCUT2D eigenvalue weighted by atomic mass is 32.1. The molecular formula is C12H14N4OS. The average molecular weight is 262 g/mol. The van der Waals surface area contributed by atoms with E-state index in [0.29, 0.717) is 10.5 Å². The number of hydrogen-bond donors (Lipinski definition) is 3. The molecule has 5 nitrogen and oxygen atoms in total. The number of benzene rings is 1. The Balaban J connectivity index is 2.48. The van der Waals surface area contributed by atoms with Gasteiger partial charge in [0.15, 0.2) is 4.77 Å². The van der Waals surface area contributed by atoms with Crippen molar-refractivity contribution in [1.29, 1.82) is 0 Å². The summed E-state index contributed by atoms with van der Waals surface area (Å²) in [5.41, 5.74) is 3.60. The molecule has 0 aliphatic heterocycles. The molecule has 1 heterocycles. The molecule has 94 valence electrons. The van der Waals surface area contributed by atoms with Crippen LogP contribution in [0.4, 0.5) is 0 Å². The number of nitrogens with zero attached hydrogens (tertiary/aromatic N) is 1. The third kappa shape index (κ3) is 2.20. The molecule has 1 amide bonds. The lowest BCUT2D eigenvalue weighted by Crippen LogP contribution is -2.32. The minimum absolute atomic E-state index is 0.0442. The molecular weight excluding hydrogens is 248 g/mol. The van der Waals surface area contributed by atoms with Crippen LogP contribution in [0.5, 0.6) is 0 Å². The van der Waals surface area contributed by atoms with Crippen molar-refractivity contribution >= 4 is 18.1 Å². The molecule has 18 heavy (non-hydrogen) atoms. The minimum atomic E-state index is -0.370. The van der Waals surface area contributed by atoms with Gasteiger partial charge in [0, 0.05) is 6.20 Å². The highest BCUT2D eigenvalue weighted by Gasteiger charge is 2.17. The van der Waals surface area contributed by atoms with Crippen LogP contribution in [0, 0.1) is 4.77 Å². The molecule has 2 aromatic rings. The molecule has 0 spiro atoms. The van der Waals surface area contributed by atoms with Crippen LogP contribution < -0.4 is 11.3 Å². The van der Waals surface area contributed by atoms with Gasteiger partial charge in [0.05, 0.1) is 6.04 Å². The number of hydrazine groups is 1. The number of nitrogens with two attached hydrogens (primary N) is 1. The fourth-order valence-electron chi connectivity index (χ4n) is 1.89. The molecule has 2 rings (SSSR count). The zero-order chi connectivity index (χ0) is 13.1. The minimum Gasteiger partial charge on any atom is -0.337 e. The molecule has 0 radical (unpaired) electrons. The third-order valence-electron chi connectivity index (χ3n) is 2.84. The summed E-state index contributed by atoms with van der Waals surface area (Å²) in [6, 6.07) is 9.78. The van der Waals surface area contributed by atoms with Gasteiger partial charge in [-0.15, -0.1) is 0 Å². The van der Waals surface area contributed by atoms with E-state index >= 15 is 0 Å². The van der Waals surface area contributed by atoms with Crippen molar-refractivity contribution in [1.82, 2.24) is 15.0 Å². The number of carbonyl (C=O) groups excluding carboxylic acids is 1. The number of nitrogen functional groups attached to an aromatic ring is 1. The number of nitrogens with one attached hydrogen (secondary N) is 2. The molecule has 0 unspecified atom stereocenters. The molecule has 4 N–H and O–H groups in total. The van der Waals surface area contributed by atoms with E-state index in [1.165, 1.54) is 0 Å². The summed E-state index contributed by atoms with van der Waals surface area (Å²) in [5.74, 6) is 4.79. The Hall–Kier alpha value is -1.92. The number of amides is 1. The SMILES string of the molecule is C[C@H](c1ccccc1)n1c(C(=O)NN)c[nH]c1=S. The molecule has 1 atom stereocenters. The Labute approximate surface area is 110 Å².